The van der Waals surface area contributed by atoms with Crippen molar-refractivity contribution in [3.8, 4) is 0 Å². The molecule has 0 amide bonds. The van der Waals surface area contributed by atoms with Crippen molar-refractivity contribution in [1.29, 1.82) is 0 Å². The van der Waals surface area contributed by atoms with Gasteiger partial charge in [0.1, 0.15) is 0 Å². The van der Waals surface area contributed by atoms with Crippen molar-refractivity contribution in [2.45, 2.75) is 53.9 Å². The molecule has 0 aliphatic heterocycles. The molecule has 0 spiro atoms. The van der Waals surface area contributed by atoms with Gasteiger partial charge in [-0.2, -0.15) is 0 Å². The average Bonchev–Trinajstić information content (AvgIpc) is 2.03. The molecular weight excluding hydrogens is 158 g/mol. The largest absolute Gasteiger partial charge is 0.304 e. The van der Waals surface area contributed by atoms with Crippen molar-refractivity contribution in [3.63, 3.8) is 0 Å². The van der Waals surface area contributed by atoms with Crippen molar-refractivity contribution >= 4 is 0 Å². The highest BCUT2D eigenvalue weighted by atomic mass is 15.1. The summed E-state index contributed by atoms with van der Waals surface area (Å²) in [6.45, 7) is 15.2. The van der Waals surface area contributed by atoms with Gasteiger partial charge in [-0.1, -0.05) is 41.0 Å². The Kier molecular flexibility index (Phi) is 6.40. The average molecular weight is 185 g/mol. The Morgan fingerprint density at radius 2 is 1.62 bits per heavy atom. The van der Waals surface area contributed by atoms with Gasteiger partial charge >= 0.3 is 0 Å². The molecule has 0 radical (unpaired) electrons. The van der Waals surface area contributed by atoms with E-state index in [2.05, 4.69) is 39.5 Å². The first kappa shape index (κ1) is 13.0. The molecule has 0 aromatic heterocycles. The third kappa shape index (κ3) is 8.29. The van der Waals surface area contributed by atoms with Gasteiger partial charge in [0, 0.05) is 0 Å². The minimum absolute atomic E-state index is 0.486. The fourth-order valence-corrected chi connectivity index (χ4v) is 1.30. The third-order valence-electron chi connectivity index (χ3n) is 2.45. The SMILES string of the molecule is CCCCN(CC)CCC(C)(C)C. The van der Waals surface area contributed by atoms with E-state index in [9.17, 15) is 0 Å². The molecular formula is C12H27N. The van der Waals surface area contributed by atoms with E-state index in [4.69, 9.17) is 0 Å². The van der Waals surface area contributed by atoms with Crippen LogP contribution < -0.4 is 0 Å². The monoisotopic (exact) mass is 185 g/mol. The second kappa shape index (κ2) is 6.42. The molecule has 1 nitrogen and oxygen atoms in total. The maximum atomic E-state index is 2.56. The van der Waals surface area contributed by atoms with Crippen LogP contribution in [0, 0.1) is 5.41 Å². The summed E-state index contributed by atoms with van der Waals surface area (Å²) in [6, 6.07) is 0. The summed E-state index contributed by atoms with van der Waals surface area (Å²) in [4.78, 5) is 2.56. The molecule has 0 aromatic carbocycles. The Morgan fingerprint density at radius 1 is 1.00 bits per heavy atom. The molecule has 0 N–H and O–H groups in total. The Bertz CT molecular complexity index is 113. The van der Waals surface area contributed by atoms with E-state index in [-0.39, 0.29) is 0 Å². The summed E-state index contributed by atoms with van der Waals surface area (Å²) in [6.07, 6.45) is 3.97. The molecule has 80 valence electrons. The van der Waals surface area contributed by atoms with Crippen LogP contribution in [0.5, 0.6) is 0 Å². The predicted octanol–water partition coefficient (Wildman–Crippen LogP) is 3.54. The fourth-order valence-electron chi connectivity index (χ4n) is 1.30. The third-order valence-corrected chi connectivity index (χ3v) is 2.45. The van der Waals surface area contributed by atoms with Gasteiger partial charge in [-0.05, 0) is 37.9 Å². The lowest BCUT2D eigenvalue weighted by atomic mass is 9.92. The summed E-state index contributed by atoms with van der Waals surface area (Å²) < 4.78 is 0. The second-order valence-electron chi connectivity index (χ2n) is 5.10. The molecule has 0 unspecified atom stereocenters. The predicted molar refractivity (Wildman–Crippen MR) is 61.1 cm³/mol. The number of nitrogens with zero attached hydrogens (tertiary/aromatic N) is 1. The first-order valence-corrected chi connectivity index (χ1v) is 5.72. The fraction of sp³-hybridized carbons (Fsp3) is 1.00. The summed E-state index contributed by atoms with van der Waals surface area (Å²) in [5, 5.41) is 0. The first-order chi connectivity index (χ1) is 5.99. The van der Waals surface area contributed by atoms with Gasteiger partial charge in [0.2, 0.25) is 0 Å². The normalized spacial score (nSPS) is 12.5. The maximum absolute atomic E-state index is 2.56. The van der Waals surface area contributed by atoms with Crippen molar-refractivity contribution in [2.24, 2.45) is 5.41 Å². The molecule has 0 fully saturated rings. The van der Waals surface area contributed by atoms with Gasteiger partial charge in [0.05, 0.1) is 0 Å². The van der Waals surface area contributed by atoms with E-state index in [0.29, 0.717) is 5.41 Å². The van der Waals surface area contributed by atoms with Crippen molar-refractivity contribution in [1.82, 2.24) is 4.90 Å². The molecule has 1 heteroatoms. The topological polar surface area (TPSA) is 3.24 Å². The number of rotatable bonds is 6. The van der Waals surface area contributed by atoms with E-state index >= 15 is 0 Å². The molecule has 0 heterocycles. The highest BCUT2D eigenvalue weighted by Gasteiger charge is 2.11. The van der Waals surface area contributed by atoms with E-state index in [1.807, 2.05) is 0 Å². The van der Waals surface area contributed by atoms with Crippen LogP contribution in [0.1, 0.15) is 53.9 Å². The van der Waals surface area contributed by atoms with E-state index in [1.165, 1.54) is 38.9 Å². The summed E-state index contributed by atoms with van der Waals surface area (Å²) in [7, 11) is 0. The van der Waals surface area contributed by atoms with Crippen LogP contribution in [0.15, 0.2) is 0 Å². The van der Waals surface area contributed by atoms with Crippen LogP contribution in [0.2, 0.25) is 0 Å². The van der Waals surface area contributed by atoms with E-state index < -0.39 is 0 Å². The number of unbranched alkanes of at least 4 members (excludes halogenated alkanes) is 1. The lowest BCUT2D eigenvalue weighted by molar-refractivity contribution is 0.234. The zero-order valence-electron chi connectivity index (χ0n) is 10.2. The lowest BCUT2D eigenvalue weighted by Crippen LogP contribution is -2.28. The van der Waals surface area contributed by atoms with Crippen LogP contribution >= 0.6 is 0 Å². The molecule has 0 bridgehead atoms. The summed E-state index contributed by atoms with van der Waals surface area (Å²) >= 11 is 0. The minimum Gasteiger partial charge on any atom is -0.304 e. The quantitative estimate of drug-likeness (QED) is 0.612. The Hall–Kier alpha value is -0.0400. The van der Waals surface area contributed by atoms with Gasteiger partial charge in [0.15, 0.2) is 0 Å². The Balaban J connectivity index is 3.59. The Labute approximate surface area is 84.5 Å². The molecule has 0 rings (SSSR count). The molecule has 0 saturated heterocycles. The van der Waals surface area contributed by atoms with Gasteiger partial charge < -0.3 is 4.90 Å². The maximum Gasteiger partial charge on any atom is -0.00139 e. The van der Waals surface area contributed by atoms with Gasteiger partial charge in [-0.15, -0.1) is 0 Å². The van der Waals surface area contributed by atoms with Crippen LogP contribution in [0.25, 0.3) is 0 Å². The first-order valence-electron chi connectivity index (χ1n) is 5.72. The molecule has 13 heavy (non-hydrogen) atoms. The molecule has 0 aromatic rings. The zero-order chi connectivity index (χ0) is 10.3. The van der Waals surface area contributed by atoms with Crippen molar-refractivity contribution < 1.29 is 0 Å². The molecule has 0 saturated carbocycles. The standard InChI is InChI=1S/C12H27N/c1-6-8-10-13(7-2)11-9-12(3,4)5/h6-11H2,1-5H3. The highest BCUT2D eigenvalue weighted by molar-refractivity contribution is 4.65. The zero-order valence-corrected chi connectivity index (χ0v) is 10.2. The van der Waals surface area contributed by atoms with Gasteiger partial charge in [0.25, 0.3) is 0 Å². The summed E-state index contributed by atoms with van der Waals surface area (Å²) in [5.41, 5.74) is 0.486. The van der Waals surface area contributed by atoms with Crippen LogP contribution in [-0.4, -0.2) is 24.5 Å². The van der Waals surface area contributed by atoms with Crippen LogP contribution in [0.4, 0.5) is 0 Å². The molecule has 0 aliphatic carbocycles. The lowest BCUT2D eigenvalue weighted by Gasteiger charge is -2.25. The van der Waals surface area contributed by atoms with E-state index in [1.54, 1.807) is 0 Å². The van der Waals surface area contributed by atoms with Crippen molar-refractivity contribution in [3.05, 3.63) is 0 Å². The summed E-state index contributed by atoms with van der Waals surface area (Å²) in [5.74, 6) is 0. The highest BCUT2D eigenvalue weighted by Crippen LogP contribution is 2.18. The van der Waals surface area contributed by atoms with E-state index in [0.717, 1.165) is 0 Å². The van der Waals surface area contributed by atoms with Crippen LogP contribution in [0.3, 0.4) is 0 Å². The van der Waals surface area contributed by atoms with Crippen LogP contribution in [-0.2, 0) is 0 Å². The van der Waals surface area contributed by atoms with Gasteiger partial charge in [-0.3, -0.25) is 0 Å². The number of hydrogen-bond donors (Lipinski definition) is 0. The van der Waals surface area contributed by atoms with Gasteiger partial charge in [-0.25, -0.2) is 0 Å². The minimum atomic E-state index is 0.486. The second-order valence-corrected chi connectivity index (χ2v) is 5.10. The van der Waals surface area contributed by atoms with Crippen molar-refractivity contribution in [2.75, 3.05) is 19.6 Å². The molecule has 0 aliphatic rings. The smallest absolute Gasteiger partial charge is 0.00139 e. The molecule has 0 atom stereocenters. The number of hydrogen-bond acceptors (Lipinski definition) is 1. The Morgan fingerprint density at radius 3 is 2.00 bits per heavy atom.